The summed E-state index contributed by atoms with van der Waals surface area (Å²) in [5, 5.41) is 0. The fraction of sp³-hybridized carbons (Fsp3) is 0.951. The van der Waals surface area contributed by atoms with E-state index in [4.69, 9.17) is 14.2 Å². The zero-order valence-electron chi connectivity index (χ0n) is 46.2. The van der Waals surface area contributed by atoms with Gasteiger partial charge in [0.05, 0.1) is 0 Å². The van der Waals surface area contributed by atoms with Crippen LogP contribution in [0.3, 0.4) is 0 Å². The minimum atomic E-state index is -0.764. The summed E-state index contributed by atoms with van der Waals surface area (Å²) in [7, 11) is 0. The maximum Gasteiger partial charge on any atom is 0.306 e. The van der Waals surface area contributed by atoms with Crippen LogP contribution >= 0.6 is 0 Å². The maximum atomic E-state index is 12.9. The van der Waals surface area contributed by atoms with Crippen molar-refractivity contribution in [1.29, 1.82) is 0 Å². The van der Waals surface area contributed by atoms with E-state index >= 15 is 0 Å². The predicted molar refractivity (Wildman–Crippen MR) is 289 cm³/mol. The fourth-order valence-corrected chi connectivity index (χ4v) is 9.35. The number of rotatable bonds is 54. The van der Waals surface area contributed by atoms with Gasteiger partial charge in [0.2, 0.25) is 0 Å². The topological polar surface area (TPSA) is 78.9 Å². The molecule has 0 radical (unpaired) electrons. The molecule has 0 saturated heterocycles. The molecule has 0 aliphatic heterocycles. The largest absolute Gasteiger partial charge is 0.462 e. The molecule has 0 heterocycles. The van der Waals surface area contributed by atoms with Crippen LogP contribution in [0.4, 0.5) is 0 Å². The molecule has 0 aliphatic carbocycles. The van der Waals surface area contributed by atoms with Crippen LogP contribution in [-0.2, 0) is 28.6 Å². The molecule has 1 atom stereocenters. The molecule has 0 aromatic heterocycles. The molecule has 0 spiro atoms. The van der Waals surface area contributed by atoms with Gasteiger partial charge in [0.15, 0.2) is 6.10 Å². The van der Waals surface area contributed by atoms with Crippen molar-refractivity contribution in [1.82, 2.24) is 0 Å². The molecule has 6 nitrogen and oxygen atoms in total. The quantitative estimate of drug-likeness (QED) is 0.0343. The second kappa shape index (κ2) is 52.2. The zero-order valence-corrected chi connectivity index (χ0v) is 46.2. The van der Waals surface area contributed by atoms with Crippen molar-refractivity contribution in [2.75, 3.05) is 13.2 Å². The van der Waals surface area contributed by atoms with Crippen molar-refractivity contribution < 1.29 is 28.6 Å². The Morgan fingerprint density at radius 3 is 0.642 bits per heavy atom. The first-order valence-electron chi connectivity index (χ1n) is 30.1. The van der Waals surface area contributed by atoms with Gasteiger partial charge in [-0.05, 0) is 37.0 Å². The average Bonchev–Trinajstić information content (AvgIpc) is 3.29. The van der Waals surface area contributed by atoms with Crippen LogP contribution in [0.25, 0.3) is 0 Å². The Morgan fingerprint density at radius 1 is 0.254 bits per heavy atom. The molecule has 0 amide bonds. The van der Waals surface area contributed by atoms with Gasteiger partial charge in [-0.3, -0.25) is 14.4 Å². The van der Waals surface area contributed by atoms with E-state index in [1.807, 2.05) is 0 Å². The highest BCUT2D eigenvalue weighted by Crippen LogP contribution is 2.19. The van der Waals surface area contributed by atoms with Crippen LogP contribution in [0.15, 0.2) is 0 Å². The summed E-state index contributed by atoms with van der Waals surface area (Å²) in [5.74, 6) is 1.68. The van der Waals surface area contributed by atoms with Gasteiger partial charge in [-0.15, -0.1) is 0 Å². The van der Waals surface area contributed by atoms with Crippen molar-refractivity contribution in [3.63, 3.8) is 0 Å². The molecule has 67 heavy (non-hydrogen) atoms. The Labute approximate surface area is 418 Å². The van der Waals surface area contributed by atoms with Crippen LogP contribution in [0.5, 0.6) is 0 Å². The van der Waals surface area contributed by atoms with Gasteiger partial charge in [0, 0.05) is 19.3 Å². The van der Waals surface area contributed by atoms with Crippen LogP contribution in [0.1, 0.15) is 337 Å². The van der Waals surface area contributed by atoms with Crippen molar-refractivity contribution >= 4 is 17.9 Å². The molecule has 0 bridgehead atoms. The van der Waals surface area contributed by atoms with E-state index in [1.54, 1.807) is 0 Å². The lowest BCUT2D eigenvalue weighted by atomic mass is 10.0. The predicted octanol–water partition coefficient (Wildman–Crippen LogP) is 19.9. The van der Waals surface area contributed by atoms with Crippen molar-refractivity contribution in [2.24, 2.45) is 17.8 Å². The van der Waals surface area contributed by atoms with Gasteiger partial charge in [-0.2, -0.15) is 0 Å². The third kappa shape index (κ3) is 55.2. The van der Waals surface area contributed by atoms with Gasteiger partial charge in [0.25, 0.3) is 0 Å². The van der Waals surface area contributed by atoms with Crippen LogP contribution in [0.2, 0.25) is 0 Å². The lowest BCUT2D eigenvalue weighted by Gasteiger charge is -2.18. The summed E-state index contributed by atoms with van der Waals surface area (Å²) in [4.78, 5) is 38.2. The molecule has 0 saturated carbocycles. The van der Waals surface area contributed by atoms with Gasteiger partial charge >= 0.3 is 17.9 Å². The smallest absolute Gasteiger partial charge is 0.306 e. The Hall–Kier alpha value is -1.59. The van der Waals surface area contributed by atoms with E-state index in [2.05, 4.69) is 41.5 Å². The monoisotopic (exact) mass is 947 g/mol. The Morgan fingerprint density at radius 2 is 0.433 bits per heavy atom. The first-order valence-corrected chi connectivity index (χ1v) is 30.1. The first kappa shape index (κ1) is 65.4. The molecule has 0 unspecified atom stereocenters. The Kier molecular flexibility index (Phi) is 51.0. The maximum absolute atomic E-state index is 12.9. The summed E-state index contributed by atoms with van der Waals surface area (Å²) in [6, 6.07) is 0. The van der Waals surface area contributed by atoms with Crippen molar-refractivity contribution in [2.45, 2.75) is 343 Å². The summed E-state index contributed by atoms with van der Waals surface area (Å²) in [6.45, 7) is 13.8. The molecule has 0 aromatic carbocycles. The molecule has 0 fully saturated rings. The third-order valence-electron chi connectivity index (χ3n) is 13.9. The highest BCUT2D eigenvalue weighted by atomic mass is 16.6. The van der Waals surface area contributed by atoms with Crippen molar-refractivity contribution in [3.8, 4) is 0 Å². The molecule has 0 aliphatic rings. The summed E-state index contributed by atoms with van der Waals surface area (Å²) < 4.78 is 16.9. The summed E-state index contributed by atoms with van der Waals surface area (Å²) in [6.07, 6.45) is 55.2. The number of carbonyl (C=O) groups excluding carboxylic acids is 3. The number of hydrogen-bond donors (Lipinski definition) is 0. The SMILES string of the molecule is CC(C)CCCCCCCCCCCCCCCCCC(=O)OC[C@@H](COC(=O)CCCCCCCCCCCCCCCCC(C)C)OC(=O)CCCCCCCCCCCCCC(C)C. The second-order valence-electron chi connectivity index (χ2n) is 22.4. The number of carbonyl (C=O) groups is 3. The molecular weight excluding hydrogens is 829 g/mol. The van der Waals surface area contributed by atoms with E-state index in [0.717, 1.165) is 75.5 Å². The van der Waals surface area contributed by atoms with Crippen LogP contribution in [0, 0.1) is 17.8 Å². The zero-order chi connectivity index (χ0) is 49.1. The summed E-state index contributed by atoms with van der Waals surface area (Å²) in [5.41, 5.74) is 0. The van der Waals surface area contributed by atoms with E-state index in [0.29, 0.717) is 19.3 Å². The number of ether oxygens (including phenoxy) is 3. The van der Waals surface area contributed by atoms with Crippen LogP contribution < -0.4 is 0 Å². The fourth-order valence-electron chi connectivity index (χ4n) is 9.35. The van der Waals surface area contributed by atoms with Crippen LogP contribution in [-0.4, -0.2) is 37.2 Å². The van der Waals surface area contributed by atoms with Gasteiger partial charge < -0.3 is 14.2 Å². The highest BCUT2D eigenvalue weighted by molar-refractivity contribution is 5.71. The van der Waals surface area contributed by atoms with E-state index in [-0.39, 0.29) is 31.1 Å². The molecule has 0 rings (SSSR count). The highest BCUT2D eigenvalue weighted by Gasteiger charge is 2.19. The molecule has 0 aromatic rings. The molecule has 398 valence electrons. The lowest BCUT2D eigenvalue weighted by Crippen LogP contribution is -2.30. The number of unbranched alkanes of at least 4 members (excludes halogenated alkanes) is 37. The molecular formula is C61H118O6. The first-order chi connectivity index (χ1) is 32.6. The molecule has 0 N–H and O–H groups in total. The van der Waals surface area contributed by atoms with E-state index in [9.17, 15) is 14.4 Å². The minimum absolute atomic E-state index is 0.0632. The Balaban J connectivity index is 4.28. The van der Waals surface area contributed by atoms with Crippen molar-refractivity contribution in [3.05, 3.63) is 0 Å². The normalized spacial score (nSPS) is 12.1. The van der Waals surface area contributed by atoms with E-state index < -0.39 is 6.10 Å². The standard InChI is InChI=1S/C61H118O6/c1-55(2)47-41-35-29-23-17-12-8-7-9-14-20-26-32-38-44-50-59(62)65-53-58(67-61(64)52-46-40-34-28-22-16-19-25-31-37-43-49-57(5)6)54-66-60(63)51-45-39-33-27-21-15-11-10-13-18-24-30-36-42-48-56(3)4/h55-58H,7-54H2,1-6H3/t58-/m0/s1. The molecule has 6 heteroatoms. The van der Waals surface area contributed by atoms with Gasteiger partial charge in [-0.25, -0.2) is 0 Å². The van der Waals surface area contributed by atoms with E-state index in [1.165, 1.54) is 218 Å². The average molecular weight is 948 g/mol. The van der Waals surface area contributed by atoms with Gasteiger partial charge in [0.1, 0.15) is 13.2 Å². The number of esters is 3. The number of hydrogen-bond acceptors (Lipinski definition) is 6. The van der Waals surface area contributed by atoms with Gasteiger partial charge in [-0.1, -0.05) is 298 Å². The minimum Gasteiger partial charge on any atom is -0.462 e. The summed E-state index contributed by atoms with van der Waals surface area (Å²) >= 11 is 0. The second-order valence-corrected chi connectivity index (χ2v) is 22.4. The Bertz CT molecular complexity index is 1040. The third-order valence-corrected chi connectivity index (χ3v) is 13.9. The lowest BCUT2D eigenvalue weighted by molar-refractivity contribution is -0.167.